The number of anilines is 1. The van der Waals surface area contributed by atoms with Crippen LogP contribution in [0.1, 0.15) is 19.4 Å². The van der Waals surface area contributed by atoms with E-state index in [1.54, 1.807) is 12.1 Å². The summed E-state index contributed by atoms with van der Waals surface area (Å²) in [6.45, 7) is 3.09. The fraction of sp³-hybridized carbons (Fsp3) is 0.333. The van der Waals surface area contributed by atoms with Gasteiger partial charge < -0.3 is 10.0 Å². The standard InChI is InChI=1S/C12H15NO3/c1-3-10-4-6-11(7-5-10)13(9(2)14)8-12(15)16/h4-7H,3,8H2,1-2H3,(H,15,16). The van der Waals surface area contributed by atoms with Gasteiger partial charge in [-0.2, -0.15) is 0 Å². The first-order valence-electron chi connectivity index (χ1n) is 5.13. The van der Waals surface area contributed by atoms with Crippen LogP contribution < -0.4 is 4.90 Å². The second-order valence-electron chi connectivity index (χ2n) is 3.52. The van der Waals surface area contributed by atoms with Crippen molar-refractivity contribution in [2.45, 2.75) is 20.3 Å². The summed E-state index contributed by atoms with van der Waals surface area (Å²) in [5.74, 6) is -1.29. The Morgan fingerprint density at radius 1 is 1.25 bits per heavy atom. The van der Waals surface area contributed by atoms with E-state index >= 15 is 0 Å². The van der Waals surface area contributed by atoms with Crippen molar-refractivity contribution < 1.29 is 14.7 Å². The van der Waals surface area contributed by atoms with Gasteiger partial charge in [0.1, 0.15) is 6.54 Å². The van der Waals surface area contributed by atoms with Crippen molar-refractivity contribution in [3.8, 4) is 0 Å². The Hall–Kier alpha value is -1.84. The minimum Gasteiger partial charge on any atom is -0.480 e. The van der Waals surface area contributed by atoms with Crippen molar-refractivity contribution in [1.82, 2.24) is 0 Å². The molecule has 1 amide bonds. The van der Waals surface area contributed by atoms with Crippen LogP contribution in [0.15, 0.2) is 24.3 Å². The zero-order chi connectivity index (χ0) is 12.1. The van der Waals surface area contributed by atoms with Crippen LogP contribution in [0.2, 0.25) is 0 Å². The normalized spacial score (nSPS) is 9.88. The van der Waals surface area contributed by atoms with E-state index in [-0.39, 0.29) is 12.5 Å². The number of benzene rings is 1. The Morgan fingerprint density at radius 3 is 2.19 bits per heavy atom. The lowest BCUT2D eigenvalue weighted by Crippen LogP contribution is -2.33. The van der Waals surface area contributed by atoms with E-state index in [4.69, 9.17) is 5.11 Å². The van der Waals surface area contributed by atoms with Crippen LogP contribution in [-0.2, 0) is 16.0 Å². The van der Waals surface area contributed by atoms with Crippen LogP contribution in [0.25, 0.3) is 0 Å². The van der Waals surface area contributed by atoms with Crippen molar-refractivity contribution in [3.05, 3.63) is 29.8 Å². The molecule has 1 aromatic carbocycles. The molecule has 1 aromatic rings. The van der Waals surface area contributed by atoms with Crippen LogP contribution in [0.3, 0.4) is 0 Å². The van der Waals surface area contributed by atoms with Crippen molar-refractivity contribution in [2.75, 3.05) is 11.4 Å². The van der Waals surface area contributed by atoms with Gasteiger partial charge in [0.25, 0.3) is 0 Å². The van der Waals surface area contributed by atoms with E-state index in [0.717, 1.165) is 12.0 Å². The average molecular weight is 221 g/mol. The van der Waals surface area contributed by atoms with Gasteiger partial charge in [0.15, 0.2) is 0 Å². The number of aryl methyl sites for hydroxylation is 1. The maximum atomic E-state index is 11.3. The Morgan fingerprint density at radius 2 is 1.81 bits per heavy atom. The highest BCUT2D eigenvalue weighted by atomic mass is 16.4. The number of carboxylic acid groups (broad SMARTS) is 1. The molecule has 0 heterocycles. The third-order valence-electron chi connectivity index (χ3n) is 2.33. The Balaban J connectivity index is 2.92. The molecule has 16 heavy (non-hydrogen) atoms. The van der Waals surface area contributed by atoms with Gasteiger partial charge >= 0.3 is 5.97 Å². The van der Waals surface area contributed by atoms with Crippen LogP contribution in [0.4, 0.5) is 5.69 Å². The first-order chi connectivity index (χ1) is 7.54. The summed E-state index contributed by atoms with van der Waals surface area (Å²) in [5.41, 5.74) is 1.77. The zero-order valence-electron chi connectivity index (χ0n) is 9.43. The van der Waals surface area contributed by atoms with Crippen LogP contribution in [0, 0.1) is 0 Å². The van der Waals surface area contributed by atoms with Crippen LogP contribution in [-0.4, -0.2) is 23.5 Å². The van der Waals surface area contributed by atoms with Gasteiger partial charge in [-0.05, 0) is 24.1 Å². The minimum atomic E-state index is -1.02. The third kappa shape index (κ3) is 3.08. The predicted octanol–water partition coefficient (Wildman–Crippen LogP) is 1.69. The molecular weight excluding hydrogens is 206 g/mol. The van der Waals surface area contributed by atoms with Gasteiger partial charge in [0, 0.05) is 12.6 Å². The summed E-state index contributed by atoms with van der Waals surface area (Å²) in [4.78, 5) is 23.2. The number of aliphatic carboxylic acids is 1. The molecule has 0 bridgehead atoms. The van der Waals surface area contributed by atoms with Gasteiger partial charge in [-0.15, -0.1) is 0 Å². The Kier molecular flexibility index (Phi) is 4.05. The maximum absolute atomic E-state index is 11.3. The number of nitrogens with zero attached hydrogens (tertiary/aromatic N) is 1. The van der Waals surface area contributed by atoms with Gasteiger partial charge in [-0.25, -0.2) is 0 Å². The first-order valence-corrected chi connectivity index (χ1v) is 5.13. The van der Waals surface area contributed by atoms with Crippen molar-refractivity contribution >= 4 is 17.6 Å². The zero-order valence-corrected chi connectivity index (χ0v) is 9.43. The van der Waals surface area contributed by atoms with E-state index in [1.165, 1.54) is 11.8 Å². The molecule has 0 saturated carbocycles. The number of amides is 1. The number of hydrogen-bond acceptors (Lipinski definition) is 2. The molecule has 0 aromatic heterocycles. The number of rotatable bonds is 4. The fourth-order valence-corrected chi connectivity index (χ4v) is 1.43. The number of hydrogen-bond donors (Lipinski definition) is 1. The predicted molar refractivity (Wildman–Crippen MR) is 61.5 cm³/mol. The molecule has 0 spiro atoms. The second kappa shape index (κ2) is 5.30. The van der Waals surface area contributed by atoms with Crippen LogP contribution >= 0.6 is 0 Å². The lowest BCUT2D eigenvalue weighted by atomic mass is 10.1. The highest BCUT2D eigenvalue weighted by Crippen LogP contribution is 2.15. The van der Waals surface area contributed by atoms with E-state index < -0.39 is 5.97 Å². The largest absolute Gasteiger partial charge is 0.480 e. The first kappa shape index (κ1) is 12.2. The van der Waals surface area contributed by atoms with E-state index in [2.05, 4.69) is 0 Å². The molecule has 0 aliphatic heterocycles. The van der Waals surface area contributed by atoms with E-state index in [1.807, 2.05) is 19.1 Å². The molecule has 86 valence electrons. The summed E-state index contributed by atoms with van der Waals surface area (Å²) < 4.78 is 0. The second-order valence-corrected chi connectivity index (χ2v) is 3.52. The quantitative estimate of drug-likeness (QED) is 0.841. The molecule has 0 unspecified atom stereocenters. The molecule has 0 aliphatic rings. The molecule has 1 rings (SSSR count). The smallest absolute Gasteiger partial charge is 0.323 e. The van der Waals surface area contributed by atoms with Gasteiger partial charge in [0.05, 0.1) is 0 Å². The molecule has 0 saturated heterocycles. The molecule has 0 radical (unpaired) electrons. The Bertz CT molecular complexity index is 384. The van der Waals surface area contributed by atoms with Crippen molar-refractivity contribution in [3.63, 3.8) is 0 Å². The summed E-state index contributed by atoms with van der Waals surface area (Å²) in [6.07, 6.45) is 0.916. The molecule has 0 aliphatic carbocycles. The van der Waals surface area contributed by atoms with Gasteiger partial charge in [-0.3, -0.25) is 9.59 Å². The molecule has 4 heteroatoms. The van der Waals surface area contributed by atoms with Crippen molar-refractivity contribution in [1.29, 1.82) is 0 Å². The fourth-order valence-electron chi connectivity index (χ4n) is 1.43. The van der Waals surface area contributed by atoms with Gasteiger partial charge in [0.2, 0.25) is 5.91 Å². The molecule has 4 nitrogen and oxygen atoms in total. The molecule has 0 atom stereocenters. The number of carbonyl (C=O) groups excluding carboxylic acids is 1. The van der Waals surface area contributed by atoms with Crippen molar-refractivity contribution in [2.24, 2.45) is 0 Å². The average Bonchev–Trinajstić information content (AvgIpc) is 2.25. The summed E-state index contributed by atoms with van der Waals surface area (Å²) in [7, 11) is 0. The van der Waals surface area contributed by atoms with E-state index in [0.29, 0.717) is 5.69 Å². The lowest BCUT2D eigenvalue weighted by Gasteiger charge is -2.19. The topological polar surface area (TPSA) is 57.6 Å². The highest BCUT2D eigenvalue weighted by Gasteiger charge is 2.14. The highest BCUT2D eigenvalue weighted by molar-refractivity contribution is 5.95. The monoisotopic (exact) mass is 221 g/mol. The molecular formula is C12H15NO3. The maximum Gasteiger partial charge on any atom is 0.323 e. The third-order valence-corrected chi connectivity index (χ3v) is 2.33. The SMILES string of the molecule is CCc1ccc(N(CC(=O)O)C(C)=O)cc1. The Labute approximate surface area is 94.5 Å². The van der Waals surface area contributed by atoms with Crippen LogP contribution in [0.5, 0.6) is 0 Å². The number of carboxylic acids is 1. The lowest BCUT2D eigenvalue weighted by molar-refractivity contribution is -0.136. The number of carbonyl (C=O) groups is 2. The summed E-state index contributed by atoms with van der Waals surface area (Å²) in [5, 5.41) is 8.70. The molecule has 1 N–H and O–H groups in total. The minimum absolute atomic E-state index is 0.272. The van der Waals surface area contributed by atoms with Gasteiger partial charge in [-0.1, -0.05) is 19.1 Å². The summed E-state index contributed by atoms with van der Waals surface area (Å²) >= 11 is 0. The van der Waals surface area contributed by atoms with E-state index in [9.17, 15) is 9.59 Å². The molecule has 0 fully saturated rings. The summed E-state index contributed by atoms with van der Waals surface area (Å²) in [6, 6.07) is 7.33.